The number of aromatic amines is 1. The number of rotatable bonds is 8. The lowest BCUT2D eigenvalue weighted by atomic mass is 9.75. The monoisotopic (exact) mass is 525 g/mol. The van der Waals surface area contributed by atoms with E-state index in [1.54, 1.807) is 0 Å². The van der Waals surface area contributed by atoms with Gasteiger partial charge in [-0.15, -0.1) is 23.1 Å². The maximum absolute atomic E-state index is 6.18. The maximum atomic E-state index is 6.18. The molecule has 37 heavy (non-hydrogen) atoms. The number of benzene rings is 1. The van der Waals surface area contributed by atoms with Crippen LogP contribution >= 0.6 is 23.1 Å². The van der Waals surface area contributed by atoms with Crippen LogP contribution in [-0.2, 0) is 10.2 Å². The van der Waals surface area contributed by atoms with E-state index in [4.69, 9.17) is 4.42 Å². The molecule has 2 unspecified atom stereocenters. The Hall–Kier alpha value is -3.09. The fourth-order valence-electron chi connectivity index (χ4n) is 5.06. The van der Waals surface area contributed by atoms with Crippen LogP contribution in [0.25, 0.3) is 32.1 Å². The van der Waals surface area contributed by atoms with E-state index >= 15 is 0 Å². The zero-order valence-electron chi connectivity index (χ0n) is 21.6. The van der Waals surface area contributed by atoms with E-state index in [1.165, 1.54) is 26.0 Å². The molecule has 0 fully saturated rings. The first-order valence-electron chi connectivity index (χ1n) is 12.8. The third-order valence-corrected chi connectivity index (χ3v) is 11.1. The zero-order chi connectivity index (χ0) is 25.6. The van der Waals surface area contributed by atoms with Gasteiger partial charge in [-0.2, -0.15) is 0 Å². The Kier molecular flexibility index (Phi) is 6.12. The number of furan rings is 1. The highest BCUT2D eigenvalue weighted by molar-refractivity contribution is 8.00. The average Bonchev–Trinajstić information content (AvgIpc) is 3.64. The summed E-state index contributed by atoms with van der Waals surface area (Å²) in [5.74, 6) is 2.43. The van der Waals surface area contributed by atoms with Gasteiger partial charge in [-0.3, -0.25) is 9.97 Å². The SMILES string of the molecule is CC(CCSC(C)(c1cc2cnccc2s1)C(C)(C)c1cc2ncccc2[nH]1)c1cc2ccccc2o1. The van der Waals surface area contributed by atoms with Gasteiger partial charge in [-0.1, -0.05) is 39.0 Å². The van der Waals surface area contributed by atoms with Crippen molar-refractivity contribution in [3.05, 3.63) is 95.6 Å². The summed E-state index contributed by atoms with van der Waals surface area (Å²) in [7, 11) is 0. The lowest BCUT2D eigenvalue weighted by Gasteiger charge is -2.43. The molecule has 0 saturated heterocycles. The molecule has 188 valence electrons. The summed E-state index contributed by atoms with van der Waals surface area (Å²) in [6.45, 7) is 9.39. The fraction of sp³-hybridized carbons (Fsp3) is 0.290. The van der Waals surface area contributed by atoms with Crippen molar-refractivity contribution in [1.29, 1.82) is 0 Å². The van der Waals surface area contributed by atoms with Crippen molar-refractivity contribution in [2.24, 2.45) is 0 Å². The minimum absolute atomic E-state index is 0.175. The summed E-state index contributed by atoms with van der Waals surface area (Å²) in [6, 6.07) is 21.2. The van der Waals surface area contributed by atoms with Crippen molar-refractivity contribution < 1.29 is 4.42 Å². The second-order valence-corrected chi connectivity index (χ2v) is 13.1. The van der Waals surface area contributed by atoms with Gasteiger partial charge in [0.1, 0.15) is 11.3 Å². The largest absolute Gasteiger partial charge is 0.461 e. The lowest BCUT2D eigenvalue weighted by Crippen LogP contribution is -2.40. The smallest absolute Gasteiger partial charge is 0.134 e. The van der Waals surface area contributed by atoms with E-state index in [0.29, 0.717) is 5.92 Å². The predicted molar refractivity (Wildman–Crippen MR) is 158 cm³/mol. The topological polar surface area (TPSA) is 54.7 Å². The summed E-state index contributed by atoms with van der Waals surface area (Å²) in [6.07, 6.45) is 6.76. The van der Waals surface area contributed by atoms with Crippen LogP contribution in [0.1, 0.15) is 56.4 Å². The summed E-state index contributed by atoms with van der Waals surface area (Å²) in [5.41, 5.74) is 4.08. The van der Waals surface area contributed by atoms with E-state index in [9.17, 15) is 0 Å². The number of aromatic nitrogens is 3. The van der Waals surface area contributed by atoms with Crippen molar-refractivity contribution in [2.75, 3.05) is 5.75 Å². The standard InChI is InChI=1S/C31H31N3OS2/c1-20(26-16-21-8-5-6-10-25(21)35-26)12-15-36-31(4,29-17-22-19-32-14-11-27(22)37-29)30(2,3)28-18-24-23(34-28)9-7-13-33-24/h5-11,13-14,16-20,34H,12,15H2,1-4H3. The number of H-pyrrole nitrogens is 1. The first-order chi connectivity index (χ1) is 17.8. The third kappa shape index (κ3) is 4.26. The molecular formula is C31H31N3OS2. The Balaban J connectivity index is 1.33. The minimum atomic E-state index is -0.185. The van der Waals surface area contributed by atoms with E-state index in [2.05, 4.69) is 85.1 Å². The molecule has 0 aliphatic rings. The highest BCUT2D eigenvalue weighted by Gasteiger charge is 2.46. The number of para-hydroxylation sites is 1. The summed E-state index contributed by atoms with van der Waals surface area (Å²) < 4.78 is 7.29. The number of nitrogens with one attached hydrogen (secondary N) is 1. The van der Waals surface area contributed by atoms with Crippen LogP contribution in [0.5, 0.6) is 0 Å². The van der Waals surface area contributed by atoms with Crippen molar-refractivity contribution >= 4 is 55.2 Å². The normalized spacial score (nSPS) is 14.9. The van der Waals surface area contributed by atoms with Gasteiger partial charge in [0.15, 0.2) is 0 Å². The second kappa shape index (κ2) is 9.34. The highest BCUT2D eigenvalue weighted by Crippen LogP contribution is 2.54. The maximum Gasteiger partial charge on any atom is 0.134 e. The van der Waals surface area contributed by atoms with Crippen LogP contribution in [0.3, 0.4) is 0 Å². The van der Waals surface area contributed by atoms with Crippen molar-refractivity contribution in [2.45, 2.75) is 50.2 Å². The minimum Gasteiger partial charge on any atom is -0.461 e. The number of nitrogens with zero attached hydrogens (tertiary/aromatic N) is 2. The molecule has 0 aliphatic carbocycles. The van der Waals surface area contributed by atoms with Crippen LogP contribution in [0.4, 0.5) is 0 Å². The number of thioether (sulfide) groups is 1. The molecule has 5 aromatic heterocycles. The molecule has 0 aliphatic heterocycles. The molecule has 6 heteroatoms. The second-order valence-electron chi connectivity index (χ2n) is 10.5. The molecule has 1 N–H and O–H groups in total. The molecular weight excluding hydrogens is 494 g/mol. The van der Waals surface area contributed by atoms with E-state index < -0.39 is 0 Å². The quantitative estimate of drug-likeness (QED) is 0.215. The molecule has 5 heterocycles. The molecule has 2 atom stereocenters. The average molecular weight is 526 g/mol. The zero-order valence-corrected chi connectivity index (χ0v) is 23.2. The van der Waals surface area contributed by atoms with Crippen LogP contribution in [0, 0.1) is 0 Å². The fourth-order valence-corrected chi connectivity index (χ4v) is 8.14. The number of thiophene rings is 1. The van der Waals surface area contributed by atoms with E-state index in [-0.39, 0.29) is 10.2 Å². The Labute approximate surface area is 225 Å². The molecule has 0 radical (unpaired) electrons. The number of hydrogen-bond acceptors (Lipinski definition) is 5. The van der Waals surface area contributed by atoms with Gasteiger partial charge in [0.25, 0.3) is 0 Å². The summed E-state index contributed by atoms with van der Waals surface area (Å²) >= 11 is 3.92. The third-order valence-electron chi connectivity index (χ3n) is 7.91. The van der Waals surface area contributed by atoms with Crippen LogP contribution in [-0.4, -0.2) is 20.7 Å². The molecule has 0 saturated carbocycles. The molecule has 6 aromatic rings. The highest BCUT2D eigenvalue weighted by atomic mass is 32.2. The van der Waals surface area contributed by atoms with Crippen LogP contribution < -0.4 is 0 Å². The summed E-state index contributed by atoms with van der Waals surface area (Å²) in [4.78, 5) is 14.0. The van der Waals surface area contributed by atoms with Gasteiger partial charge in [0, 0.05) is 56.0 Å². The van der Waals surface area contributed by atoms with Crippen molar-refractivity contribution in [3.8, 4) is 0 Å². The lowest BCUT2D eigenvalue weighted by molar-refractivity contribution is 0.392. The molecule has 1 aromatic carbocycles. The number of pyridine rings is 2. The van der Waals surface area contributed by atoms with Gasteiger partial charge in [-0.05, 0) is 61.6 Å². The van der Waals surface area contributed by atoms with Gasteiger partial charge < -0.3 is 9.40 Å². The van der Waals surface area contributed by atoms with Gasteiger partial charge in [0.05, 0.1) is 15.8 Å². The molecule has 4 nitrogen and oxygen atoms in total. The predicted octanol–water partition coefficient (Wildman–Crippen LogP) is 9.04. The Bertz CT molecular complexity index is 1600. The van der Waals surface area contributed by atoms with Crippen LogP contribution in [0.15, 0.2) is 83.7 Å². The van der Waals surface area contributed by atoms with Gasteiger partial charge in [0.2, 0.25) is 0 Å². The van der Waals surface area contributed by atoms with Crippen LogP contribution in [0.2, 0.25) is 0 Å². The number of fused-ring (bicyclic) bond motifs is 3. The molecule has 6 rings (SSSR count). The van der Waals surface area contributed by atoms with Gasteiger partial charge >= 0.3 is 0 Å². The molecule has 0 amide bonds. The molecule has 0 spiro atoms. The first kappa shape index (κ1) is 24.3. The Morgan fingerprint density at radius 3 is 2.68 bits per heavy atom. The first-order valence-corrected chi connectivity index (χ1v) is 14.6. The Morgan fingerprint density at radius 2 is 1.86 bits per heavy atom. The van der Waals surface area contributed by atoms with E-state index in [1.807, 2.05) is 59.9 Å². The van der Waals surface area contributed by atoms with Crippen molar-refractivity contribution in [3.63, 3.8) is 0 Å². The Morgan fingerprint density at radius 1 is 1.00 bits per heavy atom. The summed E-state index contributed by atoms with van der Waals surface area (Å²) in [5, 5.41) is 2.38. The van der Waals surface area contributed by atoms with Gasteiger partial charge in [-0.25, -0.2) is 0 Å². The van der Waals surface area contributed by atoms with Crippen molar-refractivity contribution in [1.82, 2.24) is 15.0 Å². The van der Waals surface area contributed by atoms with E-state index in [0.717, 1.165) is 34.6 Å². The molecule has 0 bridgehead atoms. The number of hydrogen-bond donors (Lipinski definition) is 1.